The number of ether oxygens (including phenoxy) is 2. The quantitative estimate of drug-likeness (QED) is 0.0261. The largest absolute Gasteiger partial charge is 0.394 e. The number of nitrogens with one attached hydrogen (secondary N) is 1. The van der Waals surface area contributed by atoms with Gasteiger partial charge in [0.05, 0.1) is 25.4 Å². The van der Waals surface area contributed by atoms with Gasteiger partial charge in [-0.2, -0.15) is 0 Å². The van der Waals surface area contributed by atoms with E-state index in [2.05, 4.69) is 129 Å². The van der Waals surface area contributed by atoms with Crippen LogP contribution in [0.1, 0.15) is 361 Å². The number of carbonyl (C=O) groups excluding carboxylic acids is 1. The van der Waals surface area contributed by atoms with Gasteiger partial charge in [0, 0.05) is 6.42 Å². The Labute approximate surface area is 574 Å². The number of unbranched alkanes of at least 4 members (excludes halogenated alkanes) is 41. The minimum atomic E-state index is -1.56. The van der Waals surface area contributed by atoms with Crippen molar-refractivity contribution in [3.05, 3.63) is 109 Å². The van der Waals surface area contributed by atoms with Gasteiger partial charge in [-0.3, -0.25) is 4.79 Å². The molecular formula is C84H149NO8. The molecule has 7 atom stereocenters. The molecule has 0 aromatic rings. The zero-order valence-electron chi connectivity index (χ0n) is 60.5. The van der Waals surface area contributed by atoms with Gasteiger partial charge in [-0.25, -0.2) is 0 Å². The lowest BCUT2D eigenvalue weighted by atomic mass is 9.99. The fourth-order valence-corrected chi connectivity index (χ4v) is 12.3. The van der Waals surface area contributed by atoms with Crippen molar-refractivity contribution in [3.8, 4) is 0 Å². The third-order valence-corrected chi connectivity index (χ3v) is 18.4. The van der Waals surface area contributed by atoms with Crippen molar-refractivity contribution in [2.45, 2.75) is 403 Å². The first-order valence-electron chi connectivity index (χ1n) is 39.6. The second-order valence-corrected chi connectivity index (χ2v) is 27.1. The highest BCUT2D eigenvalue weighted by atomic mass is 16.7. The van der Waals surface area contributed by atoms with Gasteiger partial charge in [-0.15, -0.1) is 0 Å². The minimum Gasteiger partial charge on any atom is -0.394 e. The SMILES string of the molecule is CC/C=C\C/C=C\C/C=C\C/C=C\C/C=C\C/C=C\C/C=C\C/C=C\C/C=C\CCCCCCCCCCCCCC(=O)NC(COC1OC(CO)C(O)C(O)C1O)C(O)CCCCCCCCCCCCCCCCCCCCCCCCCCCCCCCCC. The van der Waals surface area contributed by atoms with Crippen LogP contribution in [0.4, 0.5) is 0 Å². The summed E-state index contributed by atoms with van der Waals surface area (Å²) < 4.78 is 11.4. The Kier molecular flexibility index (Phi) is 67.7. The molecule has 9 heteroatoms. The number of hydrogen-bond acceptors (Lipinski definition) is 8. The Hall–Kier alpha value is -3.15. The summed E-state index contributed by atoms with van der Waals surface area (Å²) in [6, 6.07) is -0.730. The number of hydrogen-bond donors (Lipinski definition) is 6. The zero-order chi connectivity index (χ0) is 67.1. The topological polar surface area (TPSA) is 149 Å². The molecule has 0 bridgehead atoms. The van der Waals surface area contributed by atoms with Crippen LogP contribution in [0.15, 0.2) is 109 Å². The fourth-order valence-electron chi connectivity index (χ4n) is 12.3. The lowest BCUT2D eigenvalue weighted by Gasteiger charge is -2.40. The van der Waals surface area contributed by atoms with Crippen LogP contribution in [-0.4, -0.2) is 87.5 Å². The summed E-state index contributed by atoms with van der Waals surface area (Å²) in [5.74, 6) is -0.146. The predicted octanol–water partition coefficient (Wildman–Crippen LogP) is 22.8. The first-order chi connectivity index (χ1) is 45.8. The van der Waals surface area contributed by atoms with Crippen LogP contribution in [0, 0.1) is 0 Å². The molecule has 0 radical (unpaired) electrons. The monoisotopic (exact) mass is 1300 g/mol. The van der Waals surface area contributed by atoms with Crippen LogP contribution in [-0.2, 0) is 14.3 Å². The minimum absolute atomic E-state index is 0.142. The molecule has 0 saturated carbocycles. The van der Waals surface area contributed by atoms with E-state index in [-0.39, 0.29) is 12.5 Å². The van der Waals surface area contributed by atoms with Crippen molar-refractivity contribution in [1.82, 2.24) is 5.32 Å². The average molecular weight is 1300 g/mol. The highest BCUT2D eigenvalue weighted by Gasteiger charge is 2.44. The first kappa shape index (κ1) is 87.9. The molecule has 93 heavy (non-hydrogen) atoms. The van der Waals surface area contributed by atoms with Crippen molar-refractivity contribution in [1.29, 1.82) is 0 Å². The summed E-state index contributed by atoms with van der Waals surface area (Å²) in [4.78, 5) is 13.2. The molecule has 0 spiro atoms. The van der Waals surface area contributed by atoms with Crippen LogP contribution >= 0.6 is 0 Å². The molecule has 6 N–H and O–H groups in total. The second-order valence-electron chi connectivity index (χ2n) is 27.1. The molecular weight excluding hydrogens is 1150 g/mol. The van der Waals surface area contributed by atoms with Crippen molar-refractivity contribution < 1.29 is 39.8 Å². The van der Waals surface area contributed by atoms with Gasteiger partial charge in [0.15, 0.2) is 6.29 Å². The third kappa shape index (κ3) is 59.8. The van der Waals surface area contributed by atoms with Gasteiger partial charge in [0.25, 0.3) is 0 Å². The lowest BCUT2D eigenvalue weighted by molar-refractivity contribution is -0.302. The van der Waals surface area contributed by atoms with Gasteiger partial charge < -0.3 is 40.3 Å². The highest BCUT2D eigenvalue weighted by Crippen LogP contribution is 2.24. The third-order valence-electron chi connectivity index (χ3n) is 18.4. The molecule has 538 valence electrons. The first-order valence-corrected chi connectivity index (χ1v) is 39.6. The van der Waals surface area contributed by atoms with Crippen LogP contribution in [0.5, 0.6) is 0 Å². The molecule has 9 nitrogen and oxygen atoms in total. The second kappa shape index (κ2) is 71.6. The summed E-state index contributed by atoms with van der Waals surface area (Å²) >= 11 is 0. The van der Waals surface area contributed by atoms with Gasteiger partial charge in [0.2, 0.25) is 5.91 Å². The lowest BCUT2D eigenvalue weighted by Crippen LogP contribution is -2.60. The van der Waals surface area contributed by atoms with E-state index in [1.165, 1.54) is 231 Å². The van der Waals surface area contributed by atoms with E-state index in [1.807, 2.05) is 0 Å². The molecule has 1 heterocycles. The average Bonchev–Trinajstić information content (AvgIpc) is 1.02. The normalized spacial score (nSPS) is 18.2. The summed E-state index contributed by atoms with van der Waals surface area (Å²) in [5, 5.41) is 55.1. The number of allylic oxidation sites excluding steroid dienone is 18. The maximum Gasteiger partial charge on any atom is 0.220 e. The van der Waals surface area contributed by atoms with E-state index in [0.717, 1.165) is 103 Å². The standard InChI is InChI=1S/C84H149NO8/c1-3-5-7-9-11-13-15-17-19-21-23-25-27-29-31-33-35-36-37-38-39-40-41-42-44-46-48-50-52-54-56-58-60-62-64-66-68-70-72-74-80(88)85-77(76-92-84-83(91)82(90)81(89)79(75-86)93-84)78(87)73-71-69-67-65-63-61-59-57-55-53-51-49-47-45-43-34-32-30-28-26-24-22-20-18-16-14-12-10-8-6-4-2/h5,7,11,13,17,19,23,25,29,31,35-36,38-39,41-42,46,48,77-79,81-84,86-87,89-91H,3-4,6,8-10,12,14-16,18,20-22,24,26-28,30,32-34,37,40,43-45,47,49-76H2,1-2H3,(H,85,88)/b7-5-,13-11-,19-17-,25-23-,31-29-,36-35-,39-38-,42-41-,48-46-. The Bertz CT molecular complexity index is 1850. The van der Waals surface area contributed by atoms with Gasteiger partial charge in [0.1, 0.15) is 24.4 Å². The van der Waals surface area contributed by atoms with Crippen molar-refractivity contribution in [3.63, 3.8) is 0 Å². The smallest absolute Gasteiger partial charge is 0.220 e. The maximum atomic E-state index is 13.2. The van der Waals surface area contributed by atoms with Gasteiger partial charge >= 0.3 is 0 Å². The molecule has 1 saturated heterocycles. The van der Waals surface area contributed by atoms with E-state index in [9.17, 15) is 30.3 Å². The van der Waals surface area contributed by atoms with Crippen LogP contribution < -0.4 is 5.32 Å². The van der Waals surface area contributed by atoms with Gasteiger partial charge in [-0.05, 0) is 83.5 Å². The summed E-state index contributed by atoms with van der Waals surface area (Å²) in [6.45, 7) is 3.76. The van der Waals surface area contributed by atoms with Crippen LogP contribution in [0.2, 0.25) is 0 Å². The molecule has 0 aliphatic carbocycles. The number of amides is 1. The van der Waals surface area contributed by atoms with E-state index >= 15 is 0 Å². The zero-order valence-corrected chi connectivity index (χ0v) is 60.5. The molecule has 1 amide bonds. The number of aliphatic hydroxyl groups is 5. The molecule has 1 fully saturated rings. The molecule has 7 unspecified atom stereocenters. The number of carbonyl (C=O) groups is 1. The predicted molar refractivity (Wildman–Crippen MR) is 401 cm³/mol. The summed E-state index contributed by atoms with van der Waals surface area (Å²) in [7, 11) is 0. The summed E-state index contributed by atoms with van der Waals surface area (Å²) in [6.07, 6.45) is 98.9. The van der Waals surface area contributed by atoms with Gasteiger partial charge in [-0.1, -0.05) is 380 Å². The van der Waals surface area contributed by atoms with Crippen LogP contribution in [0.25, 0.3) is 0 Å². The molecule has 0 aromatic heterocycles. The van der Waals surface area contributed by atoms with Crippen LogP contribution in [0.3, 0.4) is 0 Å². The van der Waals surface area contributed by atoms with Crippen molar-refractivity contribution in [2.75, 3.05) is 13.2 Å². The Balaban J connectivity index is 2.09. The maximum absolute atomic E-state index is 13.2. The van der Waals surface area contributed by atoms with E-state index in [0.29, 0.717) is 12.8 Å². The number of rotatable bonds is 69. The van der Waals surface area contributed by atoms with Crippen molar-refractivity contribution in [2.24, 2.45) is 0 Å². The number of aliphatic hydroxyl groups excluding tert-OH is 5. The molecule has 1 rings (SSSR count). The Morgan fingerprint density at radius 3 is 0.989 bits per heavy atom. The highest BCUT2D eigenvalue weighted by molar-refractivity contribution is 5.76. The molecule has 1 aliphatic heterocycles. The Morgan fingerprint density at radius 2 is 0.667 bits per heavy atom. The van der Waals surface area contributed by atoms with E-state index in [1.54, 1.807) is 0 Å². The molecule has 1 aliphatic rings. The summed E-state index contributed by atoms with van der Waals surface area (Å²) in [5.41, 5.74) is 0. The fraction of sp³-hybridized carbons (Fsp3) is 0.774. The van der Waals surface area contributed by atoms with Crippen molar-refractivity contribution >= 4 is 5.91 Å². The van der Waals surface area contributed by atoms with E-state index < -0.39 is 49.5 Å². The molecule has 0 aromatic carbocycles. The Morgan fingerprint density at radius 1 is 0.376 bits per heavy atom. The van der Waals surface area contributed by atoms with E-state index in [4.69, 9.17) is 9.47 Å².